The van der Waals surface area contributed by atoms with Crippen LogP contribution in [0.5, 0.6) is 0 Å². The van der Waals surface area contributed by atoms with Crippen molar-refractivity contribution in [2.75, 3.05) is 0 Å². The van der Waals surface area contributed by atoms with E-state index in [1.165, 1.54) is 25.7 Å². The third-order valence-electron chi connectivity index (χ3n) is 3.23. The predicted molar refractivity (Wildman–Crippen MR) is 65.0 cm³/mol. The molecule has 15 heavy (non-hydrogen) atoms. The van der Waals surface area contributed by atoms with Crippen LogP contribution in [0.25, 0.3) is 0 Å². The molecule has 0 aromatic rings. The molecule has 2 unspecified atom stereocenters. The minimum absolute atomic E-state index is 0.0818. The first-order chi connectivity index (χ1) is 7.25. The van der Waals surface area contributed by atoms with Gasteiger partial charge in [0.25, 0.3) is 0 Å². The van der Waals surface area contributed by atoms with Gasteiger partial charge in [-0.3, -0.25) is 4.79 Å². The summed E-state index contributed by atoms with van der Waals surface area (Å²) in [6, 6.07) is 0. The molecule has 0 aromatic heterocycles. The average Bonchev–Trinajstić information content (AvgIpc) is 2.25. The van der Waals surface area contributed by atoms with E-state index in [9.17, 15) is 4.79 Å². The van der Waals surface area contributed by atoms with Gasteiger partial charge in [-0.2, -0.15) is 0 Å². The molecule has 0 amide bonds. The van der Waals surface area contributed by atoms with Crippen LogP contribution in [0.15, 0.2) is 12.2 Å². The van der Waals surface area contributed by atoms with Crippen LogP contribution in [0.4, 0.5) is 0 Å². The van der Waals surface area contributed by atoms with Crippen molar-refractivity contribution in [2.24, 2.45) is 11.8 Å². The van der Waals surface area contributed by atoms with Crippen LogP contribution in [-0.4, -0.2) is 5.24 Å². The van der Waals surface area contributed by atoms with Crippen LogP contribution in [-0.2, 0) is 4.79 Å². The molecule has 0 radical (unpaired) electrons. The van der Waals surface area contributed by atoms with Gasteiger partial charge in [0, 0.05) is 5.92 Å². The van der Waals surface area contributed by atoms with Gasteiger partial charge in [-0.15, -0.1) is 0 Å². The van der Waals surface area contributed by atoms with Gasteiger partial charge in [-0.05, 0) is 36.8 Å². The fourth-order valence-electron chi connectivity index (χ4n) is 2.28. The Morgan fingerprint density at radius 1 is 1.40 bits per heavy atom. The third kappa shape index (κ3) is 4.38. The van der Waals surface area contributed by atoms with Crippen LogP contribution in [0.1, 0.15) is 51.9 Å². The van der Waals surface area contributed by atoms with Crippen molar-refractivity contribution in [2.45, 2.75) is 51.9 Å². The summed E-state index contributed by atoms with van der Waals surface area (Å²) in [5.41, 5.74) is 0. The number of hydrogen-bond donors (Lipinski definition) is 0. The van der Waals surface area contributed by atoms with Crippen LogP contribution in [0.2, 0.25) is 0 Å². The molecular formula is C13H21ClO. The van der Waals surface area contributed by atoms with Crippen LogP contribution in [0.3, 0.4) is 0 Å². The number of carbonyl (C=O) groups excluding carboxylic acids is 1. The second-order valence-corrected chi connectivity index (χ2v) is 4.80. The van der Waals surface area contributed by atoms with Crippen LogP contribution < -0.4 is 0 Å². The highest BCUT2D eigenvalue weighted by Crippen LogP contribution is 2.30. The number of carbonyl (C=O) groups is 1. The van der Waals surface area contributed by atoms with E-state index in [2.05, 4.69) is 19.1 Å². The maximum Gasteiger partial charge on any atom is 0.225 e. The minimum atomic E-state index is -0.139. The zero-order valence-electron chi connectivity index (χ0n) is 9.55. The Bertz CT molecular complexity index is 223. The average molecular weight is 229 g/mol. The summed E-state index contributed by atoms with van der Waals surface area (Å²) in [5.74, 6) is 0.485. The SMILES string of the molecule is CCCCCCC1C=CCCC1C(=O)Cl. The van der Waals surface area contributed by atoms with Crippen molar-refractivity contribution >= 4 is 16.8 Å². The maximum absolute atomic E-state index is 11.2. The molecule has 0 saturated heterocycles. The van der Waals surface area contributed by atoms with Gasteiger partial charge in [0.1, 0.15) is 0 Å². The normalized spacial score (nSPS) is 25.5. The quantitative estimate of drug-likeness (QED) is 0.376. The number of allylic oxidation sites excluding steroid dienone is 2. The molecule has 2 atom stereocenters. The standard InChI is InChI=1S/C13H21ClO/c1-2-3-4-5-8-11-9-6-7-10-12(11)13(14)15/h6,9,11-12H,2-5,7-8,10H2,1H3. The molecule has 0 saturated carbocycles. The molecule has 2 heteroatoms. The maximum atomic E-state index is 11.2. The van der Waals surface area contributed by atoms with Gasteiger partial charge < -0.3 is 0 Å². The van der Waals surface area contributed by atoms with E-state index in [1.54, 1.807) is 0 Å². The Morgan fingerprint density at radius 3 is 2.87 bits per heavy atom. The fourth-order valence-corrected chi connectivity index (χ4v) is 2.55. The monoisotopic (exact) mass is 228 g/mol. The Morgan fingerprint density at radius 2 is 2.20 bits per heavy atom. The molecule has 1 nitrogen and oxygen atoms in total. The summed E-state index contributed by atoms with van der Waals surface area (Å²) in [7, 11) is 0. The largest absolute Gasteiger partial charge is 0.281 e. The molecule has 1 aliphatic rings. The molecule has 0 fully saturated rings. The Balaban J connectivity index is 2.33. The van der Waals surface area contributed by atoms with E-state index >= 15 is 0 Å². The second-order valence-electron chi connectivity index (χ2n) is 4.43. The van der Waals surface area contributed by atoms with E-state index in [4.69, 9.17) is 11.6 Å². The first kappa shape index (κ1) is 12.8. The van der Waals surface area contributed by atoms with Gasteiger partial charge >= 0.3 is 0 Å². The highest BCUT2D eigenvalue weighted by molar-refractivity contribution is 6.64. The minimum Gasteiger partial charge on any atom is -0.281 e. The van der Waals surface area contributed by atoms with E-state index in [0.717, 1.165) is 19.3 Å². The Hall–Kier alpha value is -0.300. The molecule has 0 aliphatic heterocycles. The summed E-state index contributed by atoms with van der Waals surface area (Å²) in [5, 5.41) is -0.139. The van der Waals surface area contributed by atoms with Crippen molar-refractivity contribution in [3.63, 3.8) is 0 Å². The van der Waals surface area contributed by atoms with Crippen molar-refractivity contribution in [3.05, 3.63) is 12.2 Å². The lowest BCUT2D eigenvalue weighted by atomic mass is 9.81. The Labute approximate surface area is 97.9 Å². The first-order valence-corrected chi connectivity index (χ1v) is 6.49. The zero-order chi connectivity index (χ0) is 11.1. The molecule has 0 spiro atoms. The molecular weight excluding hydrogens is 208 g/mol. The van der Waals surface area contributed by atoms with Gasteiger partial charge in [0.15, 0.2) is 0 Å². The van der Waals surface area contributed by atoms with Crippen molar-refractivity contribution in [1.82, 2.24) is 0 Å². The van der Waals surface area contributed by atoms with E-state index in [-0.39, 0.29) is 11.2 Å². The van der Waals surface area contributed by atoms with Crippen LogP contribution >= 0.6 is 11.6 Å². The topological polar surface area (TPSA) is 17.1 Å². The molecule has 0 N–H and O–H groups in total. The summed E-state index contributed by atoms with van der Waals surface area (Å²) >= 11 is 5.62. The van der Waals surface area contributed by atoms with Crippen LogP contribution in [0, 0.1) is 11.8 Å². The van der Waals surface area contributed by atoms with Crippen molar-refractivity contribution in [3.8, 4) is 0 Å². The third-order valence-corrected chi connectivity index (χ3v) is 3.51. The van der Waals surface area contributed by atoms with Gasteiger partial charge in [-0.1, -0.05) is 44.8 Å². The number of unbranched alkanes of at least 4 members (excludes halogenated alkanes) is 3. The zero-order valence-corrected chi connectivity index (χ0v) is 10.3. The molecule has 1 rings (SSSR count). The summed E-state index contributed by atoms with van der Waals surface area (Å²) in [4.78, 5) is 11.2. The Kier molecular flexibility index (Phi) is 6.00. The lowest BCUT2D eigenvalue weighted by Crippen LogP contribution is -2.21. The second kappa shape index (κ2) is 7.05. The molecule has 0 aromatic carbocycles. The highest BCUT2D eigenvalue weighted by atomic mass is 35.5. The predicted octanol–water partition coefficient (Wildman–Crippen LogP) is 4.30. The van der Waals surface area contributed by atoms with E-state index in [0.29, 0.717) is 5.92 Å². The summed E-state index contributed by atoms with van der Waals surface area (Å²) in [6.45, 7) is 2.21. The summed E-state index contributed by atoms with van der Waals surface area (Å²) < 4.78 is 0. The van der Waals surface area contributed by atoms with E-state index in [1.807, 2.05) is 0 Å². The lowest BCUT2D eigenvalue weighted by molar-refractivity contribution is -0.116. The molecule has 1 aliphatic carbocycles. The number of hydrogen-bond acceptors (Lipinski definition) is 1. The smallest absolute Gasteiger partial charge is 0.225 e. The highest BCUT2D eigenvalue weighted by Gasteiger charge is 2.26. The van der Waals surface area contributed by atoms with Crippen molar-refractivity contribution < 1.29 is 4.79 Å². The number of rotatable bonds is 6. The number of halogens is 1. The first-order valence-electron chi connectivity index (χ1n) is 6.11. The van der Waals surface area contributed by atoms with Gasteiger partial charge in [0.2, 0.25) is 5.24 Å². The lowest BCUT2D eigenvalue weighted by Gasteiger charge is -2.24. The molecule has 0 bridgehead atoms. The molecule has 86 valence electrons. The summed E-state index contributed by atoms with van der Waals surface area (Å²) in [6.07, 6.45) is 12.5. The van der Waals surface area contributed by atoms with Crippen molar-refractivity contribution in [1.29, 1.82) is 0 Å². The fraction of sp³-hybridized carbons (Fsp3) is 0.769. The van der Waals surface area contributed by atoms with Gasteiger partial charge in [-0.25, -0.2) is 0 Å². The molecule has 0 heterocycles. The van der Waals surface area contributed by atoms with Gasteiger partial charge in [0.05, 0.1) is 0 Å². The van der Waals surface area contributed by atoms with E-state index < -0.39 is 0 Å².